The van der Waals surface area contributed by atoms with Crippen LogP contribution in [0.5, 0.6) is 0 Å². The maximum Gasteiger partial charge on any atom is 0.333 e. The van der Waals surface area contributed by atoms with Gasteiger partial charge < -0.3 is 15.4 Å². The first kappa shape index (κ1) is 20.7. The number of benzene rings is 1. The number of piperidine rings is 1. The molecule has 134 valence electrons. The number of rotatable bonds is 6. The van der Waals surface area contributed by atoms with E-state index in [1.165, 1.54) is 7.11 Å². The highest BCUT2D eigenvalue weighted by Gasteiger charge is 2.24. The van der Waals surface area contributed by atoms with Gasteiger partial charge in [0, 0.05) is 11.4 Å². The summed E-state index contributed by atoms with van der Waals surface area (Å²) in [5, 5.41) is 6.66. The summed E-state index contributed by atoms with van der Waals surface area (Å²) in [7, 11) is 1.31. The Morgan fingerprint density at radius 2 is 1.92 bits per heavy atom. The lowest BCUT2D eigenvalue weighted by atomic mass is 9.93. The summed E-state index contributed by atoms with van der Waals surface area (Å²) in [6.45, 7) is 2.03. The lowest BCUT2D eigenvalue weighted by Gasteiger charge is -2.23. The first-order valence-electron chi connectivity index (χ1n) is 7.93. The molecule has 1 aromatic carbocycles. The largest absolute Gasteiger partial charge is 0.467 e. The van der Waals surface area contributed by atoms with Crippen molar-refractivity contribution in [3.63, 3.8) is 0 Å². The van der Waals surface area contributed by atoms with E-state index < -0.39 is 12.0 Å². The maximum absolute atomic E-state index is 12.2. The van der Waals surface area contributed by atoms with Crippen molar-refractivity contribution in [2.75, 3.05) is 20.2 Å². The third kappa shape index (κ3) is 6.30. The summed E-state index contributed by atoms with van der Waals surface area (Å²) in [6, 6.07) is 6.02. The van der Waals surface area contributed by atoms with Crippen LogP contribution in [0.25, 0.3) is 0 Å². The van der Waals surface area contributed by atoms with Gasteiger partial charge in [-0.2, -0.15) is 0 Å². The fraction of sp³-hybridized carbons (Fsp3) is 0.529. The molecule has 5 nitrogen and oxygen atoms in total. The molecule has 1 heterocycles. The monoisotopic (exact) mass is 374 g/mol. The minimum Gasteiger partial charge on any atom is -0.467 e. The number of ether oxygens (including phenoxy) is 1. The van der Waals surface area contributed by atoms with Gasteiger partial charge in [0.05, 0.1) is 7.11 Å². The zero-order valence-electron chi connectivity index (χ0n) is 13.7. The first-order valence-corrected chi connectivity index (χ1v) is 8.31. The standard InChI is InChI=1S/C17H23ClN2O3.ClH/c1-23-17(22)16(13-3-5-14(18)6-4-13)20-15(21)7-2-12-8-10-19-11-9-12;/h3-6,12,16,19H,2,7-11H2,1H3,(H,20,21);1H. The van der Waals surface area contributed by atoms with E-state index in [-0.39, 0.29) is 18.3 Å². The molecule has 0 aromatic heterocycles. The van der Waals surface area contributed by atoms with Crippen molar-refractivity contribution in [2.45, 2.75) is 31.7 Å². The van der Waals surface area contributed by atoms with Crippen LogP contribution in [0.4, 0.5) is 0 Å². The minimum absolute atomic E-state index is 0. The van der Waals surface area contributed by atoms with Crippen molar-refractivity contribution in [1.29, 1.82) is 0 Å². The quantitative estimate of drug-likeness (QED) is 0.751. The van der Waals surface area contributed by atoms with Gasteiger partial charge in [0.1, 0.15) is 0 Å². The van der Waals surface area contributed by atoms with E-state index in [9.17, 15) is 9.59 Å². The van der Waals surface area contributed by atoms with Gasteiger partial charge in [-0.3, -0.25) is 4.79 Å². The normalized spacial score (nSPS) is 15.9. The second-order valence-electron chi connectivity index (χ2n) is 5.81. The molecule has 1 unspecified atom stereocenters. The number of amides is 1. The van der Waals surface area contributed by atoms with Crippen LogP contribution in [0, 0.1) is 5.92 Å². The summed E-state index contributed by atoms with van der Waals surface area (Å²) < 4.78 is 4.80. The molecule has 2 N–H and O–H groups in total. The molecule has 0 radical (unpaired) electrons. The predicted molar refractivity (Wildman–Crippen MR) is 96.4 cm³/mol. The third-order valence-electron chi connectivity index (χ3n) is 4.18. The average Bonchev–Trinajstić information content (AvgIpc) is 2.59. The van der Waals surface area contributed by atoms with E-state index >= 15 is 0 Å². The SMILES string of the molecule is COC(=O)C(NC(=O)CCC1CCNCC1)c1ccc(Cl)cc1.Cl. The van der Waals surface area contributed by atoms with Crippen LogP contribution in [0.2, 0.25) is 5.02 Å². The van der Waals surface area contributed by atoms with Gasteiger partial charge in [0.15, 0.2) is 6.04 Å². The molecule has 1 atom stereocenters. The second kappa shape index (κ2) is 10.5. The fourth-order valence-electron chi connectivity index (χ4n) is 2.79. The van der Waals surface area contributed by atoms with E-state index in [4.69, 9.17) is 16.3 Å². The molecule has 24 heavy (non-hydrogen) atoms. The number of halogens is 2. The molecular weight excluding hydrogens is 351 g/mol. The smallest absolute Gasteiger partial charge is 0.333 e. The van der Waals surface area contributed by atoms with Crippen molar-refractivity contribution >= 4 is 35.9 Å². The van der Waals surface area contributed by atoms with Crippen LogP contribution in [0.1, 0.15) is 37.3 Å². The molecule has 7 heteroatoms. The Bertz CT molecular complexity index is 531. The molecule has 1 fully saturated rings. The van der Waals surface area contributed by atoms with Gasteiger partial charge in [-0.05, 0) is 56.0 Å². The van der Waals surface area contributed by atoms with Crippen LogP contribution in [0.15, 0.2) is 24.3 Å². The topological polar surface area (TPSA) is 67.4 Å². The van der Waals surface area contributed by atoms with Gasteiger partial charge in [-0.15, -0.1) is 12.4 Å². The van der Waals surface area contributed by atoms with Crippen LogP contribution < -0.4 is 10.6 Å². The van der Waals surface area contributed by atoms with Crippen molar-refractivity contribution in [3.05, 3.63) is 34.9 Å². The van der Waals surface area contributed by atoms with E-state index in [2.05, 4.69) is 10.6 Å². The van der Waals surface area contributed by atoms with E-state index in [1.807, 2.05) is 0 Å². The first-order chi connectivity index (χ1) is 11.1. The molecule has 2 rings (SSSR count). The average molecular weight is 375 g/mol. The zero-order chi connectivity index (χ0) is 16.7. The Morgan fingerprint density at radius 1 is 1.29 bits per heavy atom. The predicted octanol–water partition coefficient (Wildman–Crippen LogP) is 2.87. The van der Waals surface area contributed by atoms with Gasteiger partial charge in [-0.1, -0.05) is 23.7 Å². The molecule has 0 saturated carbocycles. The van der Waals surface area contributed by atoms with Gasteiger partial charge >= 0.3 is 5.97 Å². The number of esters is 1. The Labute approximate surface area is 153 Å². The number of carbonyl (C=O) groups excluding carboxylic acids is 2. The molecule has 1 aromatic rings. The van der Waals surface area contributed by atoms with Crippen LogP contribution in [0.3, 0.4) is 0 Å². The molecule has 0 bridgehead atoms. The van der Waals surface area contributed by atoms with E-state index in [1.54, 1.807) is 24.3 Å². The van der Waals surface area contributed by atoms with Crippen molar-refractivity contribution in [1.82, 2.24) is 10.6 Å². The number of hydrogen-bond donors (Lipinski definition) is 2. The molecule has 0 spiro atoms. The number of nitrogens with one attached hydrogen (secondary N) is 2. The Balaban J connectivity index is 0.00000288. The van der Waals surface area contributed by atoms with Crippen LogP contribution in [-0.4, -0.2) is 32.1 Å². The Hall–Kier alpha value is -1.30. The van der Waals surface area contributed by atoms with E-state index in [0.29, 0.717) is 22.9 Å². The highest BCUT2D eigenvalue weighted by Crippen LogP contribution is 2.20. The summed E-state index contributed by atoms with van der Waals surface area (Å²) in [5.41, 5.74) is 0.663. The molecular formula is C17H24Cl2N2O3. The lowest BCUT2D eigenvalue weighted by molar-refractivity contribution is -0.145. The summed E-state index contributed by atoms with van der Waals surface area (Å²) in [5.74, 6) is -0.0365. The molecule has 1 amide bonds. The number of hydrogen-bond acceptors (Lipinski definition) is 4. The summed E-state index contributed by atoms with van der Waals surface area (Å²) >= 11 is 5.86. The molecule has 1 aliphatic heterocycles. The van der Waals surface area contributed by atoms with Crippen LogP contribution in [-0.2, 0) is 14.3 Å². The highest BCUT2D eigenvalue weighted by atomic mass is 35.5. The van der Waals surface area contributed by atoms with Crippen molar-refractivity contribution in [3.8, 4) is 0 Å². The van der Waals surface area contributed by atoms with Gasteiger partial charge in [-0.25, -0.2) is 4.79 Å². The number of methoxy groups -OCH3 is 1. The molecule has 1 saturated heterocycles. The maximum atomic E-state index is 12.2. The minimum atomic E-state index is -0.794. The third-order valence-corrected chi connectivity index (χ3v) is 4.44. The summed E-state index contributed by atoms with van der Waals surface area (Å²) in [6.07, 6.45) is 3.48. The van der Waals surface area contributed by atoms with E-state index in [0.717, 1.165) is 32.4 Å². The summed E-state index contributed by atoms with van der Waals surface area (Å²) in [4.78, 5) is 24.2. The second-order valence-corrected chi connectivity index (χ2v) is 6.24. The van der Waals surface area contributed by atoms with Gasteiger partial charge in [0.25, 0.3) is 0 Å². The van der Waals surface area contributed by atoms with Gasteiger partial charge in [0.2, 0.25) is 5.91 Å². The highest BCUT2D eigenvalue weighted by molar-refractivity contribution is 6.30. The Kier molecular flexibility index (Phi) is 9.11. The number of carbonyl (C=O) groups is 2. The zero-order valence-corrected chi connectivity index (χ0v) is 15.3. The van der Waals surface area contributed by atoms with Crippen molar-refractivity contribution in [2.24, 2.45) is 5.92 Å². The van der Waals surface area contributed by atoms with Crippen molar-refractivity contribution < 1.29 is 14.3 Å². The molecule has 0 aliphatic carbocycles. The molecule has 1 aliphatic rings. The fourth-order valence-corrected chi connectivity index (χ4v) is 2.92. The lowest BCUT2D eigenvalue weighted by Crippen LogP contribution is -2.35. The van der Waals surface area contributed by atoms with Crippen LogP contribution >= 0.6 is 24.0 Å². The Morgan fingerprint density at radius 3 is 2.50 bits per heavy atom.